The van der Waals surface area contributed by atoms with Crippen LogP contribution in [0.1, 0.15) is 32.1 Å². The van der Waals surface area contributed by atoms with Crippen molar-refractivity contribution in [2.24, 2.45) is 17.8 Å². The molecule has 2 aliphatic carbocycles. The zero-order chi connectivity index (χ0) is 11.7. The van der Waals surface area contributed by atoms with Crippen molar-refractivity contribution < 1.29 is 9.84 Å². The lowest BCUT2D eigenvalue weighted by atomic mass is 10.0. The summed E-state index contributed by atoms with van der Waals surface area (Å²) in [5.74, 6) is 2.25. The van der Waals surface area contributed by atoms with E-state index in [1.54, 1.807) is 0 Å². The third-order valence-corrected chi connectivity index (χ3v) is 4.38. The molecule has 3 nitrogen and oxygen atoms in total. The molecule has 0 aromatic carbocycles. The second-order valence-electron chi connectivity index (χ2n) is 6.30. The van der Waals surface area contributed by atoms with Gasteiger partial charge >= 0.3 is 0 Å². The van der Waals surface area contributed by atoms with E-state index in [9.17, 15) is 5.11 Å². The number of aliphatic hydroxyl groups excluding tert-OH is 1. The molecule has 1 aliphatic heterocycles. The smallest absolute Gasteiger partial charge is 0.0718 e. The van der Waals surface area contributed by atoms with Crippen molar-refractivity contribution in [2.45, 2.75) is 38.2 Å². The van der Waals surface area contributed by atoms with Crippen LogP contribution in [0.2, 0.25) is 0 Å². The van der Waals surface area contributed by atoms with Gasteiger partial charge in [-0.3, -0.25) is 0 Å². The van der Waals surface area contributed by atoms with Gasteiger partial charge < -0.3 is 14.7 Å². The van der Waals surface area contributed by atoms with Gasteiger partial charge in [-0.2, -0.15) is 0 Å². The second kappa shape index (κ2) is 5.25. The lowest BCUT2D eigenvalue weighted by molar-refractivity contribution is 0.0529. The van der Waals surface area contributed by atoms with Crippen molar-refractivity contribution in [3.63, 3.8) is 0 Å². The molecule has 3 fully saturated rings. The summed E-state index contributed by atoms with van der Waals surface area (Å²) in [5.41, 5.74) is 0. The van der Waals surface area contributed by atoms with Crippen molar-refractivity contribution >= 4 is 0 Å². The SMILES string of the molecule is OC(CN(CC1CC1)CC1CC1)C1CCOC1. The summed E-state index contributed by atoms with van der Waals surface area (Å²) < 4.78 is 5.37. The third kappa shape index (κ3) is 3.67. The van der Waals surface area contributed by atoms with Crippen LogP contribution in [0.15, 0.2) is 0 Å². The van der Waals surface area contributed by atoms with Crippen LogP contribution in [0, 0.1) is 17.8 Å². The summed E-state index contributed by atoms with van der Waals surface area (Å²) in [7, 11) is 0. The van der Waals surface area contributed by atoms with E-state index in [0.29, 0.717) is 5.92 Å². The average Bonchev–Trinajstić information content (AvgIpc) is 3.22. The number of aliphatic hydroxyl groups is 1. The van der Waals surface area contributed by atoms with Gasteiger partial charge in [-0.1, -0.05) is 0 Å². The second-order valence-corrected chi connectivity index (χ2v) is 6.30. The van der Waals surface area contributed by atoms with Crippen molar-refractivity contribution in [1.29, 1.82) is 0 Å². The highest BCUT2D eigenvalue weighted by atomic mass is 16.5. The van der Waals surface area contributed by atoms with Gasteiger partial charge in [0.25, 0.3) is 0 Å². The molecule has 1 saturated heterocycles. The van der Waals surface area contributed by atoms with Crippen LogP contribution >= 0.6 is 0 Å². The molecule has 3 aliphatic rings. The lowest BCUT2D eigenvalue weighted by Crippen LogP contribution is -2.39. The van der Waals surface area contributed by atoms with E-state index in [4.69, 9.17) is 4.74 Å². The van der Waals surface area contributed by atoms with E-state index in [1.807, 2.05) is 0 Å². The lowest BCUT2D eigenvalue weighted by Gasteiger charge is -2.27. The summed E-state index contributed by atoms with van der Waals surface area (Å²) in [5, 5.41) is 10.3. The number of nitrogens with zero attached hydrogens (tertiary/aromatic N) is 1. The maximum Gasteiger partial charge on any atom is 0.0718 e. The Labute approximate surface area is 104 Å². The van der Waals surface area contributed by atoms with Gasteiger partial charge in [0.2, 0.25) is 0 Å². The fourth-order valence-corrected chi connectivity index (χ4v) is 2.82. The molecule has 3 heteroatoms. The van der Waals surface area contributed by atoms with Crippen LogP contribution in [0.4, 0.5) is 0 Å². The molecule has 0 spiro atoms. The molecule has 0 bridgehead atoms. The van der Waals surface area contributed by atoms with Gasteiger partial charge in [-0.05, 0) is 43.9 Å². The minimum absolute atomic E-state index is 0.171. The molecule has 0 amide bonds. The van der Waals surface area contributed by atoms with Crippen LogP contribution in [0.25, 0.3) is 0 Å². The summed E-state index contributed by atoms with van der Waals surface area (Å²) in [6.07, 6.45) is 6.50. The minimum Gasteiger partial charge on any atom is -0.391 e. The van der Waals surface area contributed by atoms with Crippen molar-refractivity contribution in [3.05, 3.63) is 0 Å². The first-order chi connectivity index (χ1) is 8.31. The van der Waals surface area contributed by atoms with Crippen LogP contribution in [-0.2, 0) is 4.74 Å². The molecule has 98 valence electrons. The van der Waals surface area contributed by atoms with Crippen molar-refractivity contribution in [2.75, 3.05) is 32.8 Å². The van der Waals surface area contributed by atoms with Crippen LogP contribution < -0.4 is 0 Å². The first kappa shape index (κ1) is 11.9. The zero-order valence-electron chi connectivity index (χ0n) is 10.7. The quantitative estimate of drug-likeness (QED) is 0.731. The van der Waals surface area contributed by atoms with E-state index in [0.717, 1.165) is 38.0 Å². The molecule has 17 heavy (non-hydrogen) atoms. The Morgan fingerprint density at radius 1 is 1.06 bits per heavy atom. The normalized spacial score (nSPS) is 31.1. The van der Waals surface area contributed by atoms with E-state index in [-0.39, 0.29) is 6.10 Å². The molecule has 2 saturated carbocycles. The monoisotopic (exact) mass is 239 g/mol. The molecule has 2 unspecified atom stereocenters. The molecular formula is C14H25NO2. The van der Waals surface area contributed by atoms with E-state index < -0.39 is 0 Å². The van der Waals surface area contributed by atoms with Crippen molar-refractivity contribution in [3.8, 4) is 0 Å². The molecular weight excluding hydrogens is 214 g/mol. The molecule has 1 N–H and O–H groups in total. The number of rotatable bonds is 7. The van der Waals surface area contributed by atoms with E-state index in [1.165, 1.54) is 38.8 Å². The minimum atomic E-state index is -0.171. The highest BCUT2D eigenvalue weighted by Gasteiger charge is 2.32. The van der Waals surface area contributed by atoms with Crippen LogP contribution in [0.3, 0.4) is 0 Å². The van der Waals surface area contributed by atoms with Gasteiger partial charge in [-0.25, -0.2) is 0 Å². The van der Waals surface area contributed by atoms with Crippen molar-refractivity contribution in [1.82, 2.24) is 4.90 Å². The molecule has 0 radical (unpaired) electrons. The Kier molecular flexibility index (Phi) is 3.69. The fraction of sp³-hybridized carbons (Fsp3) is 1.00. The maximum absolute atomic E-state index is 10.3. The molecule has 0 aromatic rings. The molecule has 0 aromatic heterocycles. The maximum atomic E-state index is 10.3. The third-order valence-electron chi connectivity index (χ3n) is 4.38. The standard InChI is InChI=1S/C14H25NO2/c16-14(13-5-6-17-10-13)9-15(7-11-1-2-11)8-12-3-4-12/h11-14,16H,1-10H2. The number of hydrogen-bond acceptors (Lipinski definition) is 3. The van der Waals surface area contributed by atoms with Gasteiger partial charge in [-0.15, -0.1) is 0 Å². The van der Waals surface area contributed by atoms with Gasteiger partial charge in [0.15, 0.2) is 0 Å². The van der Waals surface area contributed by atoms with Gasteiger partial charge in [0, 0.05) is 32.2 Å². The molecule has 2 atom stereocenters. The Bertz CT molecular complexity index is 231. The van der Waals surface area contributed by atoms with Gasteiger partial charge in [0.1, 0.15) is 0 Å². The predicted molar refractivity (Wildman–Crippen MR) is 66.8 cm³/mol. The largest absolute Gasteiger partial charge is 0.391 e. The Balaban J connectivity index is 1.46. The summed E-state index contributed by atoms with van der Waals surface area (Å²) in [6.45, 7) is 4.93. The predicted octanol–water partition coefficient (Wildman–Crippen LogP) is 1.51. The molecule has 1 heterocycles. The summed E-state index contributed by atoms with van der Waals surface area (Å²) in [4.78, 5) is 2.53. The topological polar surface area (TPSA) is 32.7 Å². The van der Waals surface area contributed by atoms with Gasteiger partial charge in [0.05, 0.1) is 12.7 Å². The highest BCUT2D eigenvalue weighted by Crippen LogP contribution is 2.34. The van der Waals surface area contributed by atoms with Crippen LogP contribution in [0.5, 0.6) is 0 Å². The Morgan fingerprint density at radius 2 is 1.71 bits per heavy atom. The number of hydrogen-bond donors (Lipinski definition) is 1. The zero-order valence-corrected chi connectivity index (χ0v) is 10.7. The number of ether oxygens (including phenoxy) is 1. The fourth-order valence-electron chi connectivity index (χ4n) is 2.82. The van der Waals surface area contributed by atoms with Crippen LogP contribution in [-0.4, -0.2) is 49.0 Å². The summed E-state index contributed by atoms with van der Waals surface area (Å²) >= 11 is 0. The Morgan fingerprint density at radius 3 is 2.18 bits per heavy atom. The van der Waals surface area contributed by atoms with E-state index >= 15 is 0 Å². The first-order valence-corrected chi connectivity index (χ1v) is 7.29. The van der Waals surface area contributed by atoms with E-state index in [2.05, 4.69) is 4.90 Å². The average molecular weight is 239 g/mol. The Hall–Kier alpha value is -0.120. The summed E-state index contributed by atoms with van der Waals surface area (Å²) in [6, 6.07) is 0. The highest BCUT2D eigenvalue weighted by molar-refractivity contribution is 4.85. The molecule has 3 rings (SSSR count). The first-order valence-electron chi connectivity index (χ1n) is 7.29.